The normalized spacial score (nSPS) is 13.9. The predicted molar refractivity (Wildman–Crippen MR) is 386 cm³/mol. The molecule has 0 aliphatic carbocycles. The van der Waals surface area contributed by atoms with Crippen molar-refractivity contribution in [2.75, 3.05) is 39.6 Å². The fraction of sp³-hybridized carbons (Fsp3) is 0.947. The van der Waals surface area contributed by atoms with Crippen molar-refractivity contribution in [2.24, 2.45) is 5.92 Å². The molecule has 0 radical (unpaired) electrons. The average molecular weight is 1400 g/mol. The van der Waals surface area contributed by atoms with Crippen LogP contribution in [-0.2, 0) is 65.4 Å². The molecule has 0 aliphatic rings. The van der Waals surface area contributed by atoms with Crippen LogP contribution in [0.5, 0.6) is 0 Å². The first kappa shape index (κ1) is 93.1. The van der Waals surface area contributed by atoms with Gasteiger partial charge in [0.2, 0.25) is 0 Å². The maximum Gasteiger partial charge on any atom is 0.472 e. The van der Waals surface area contributed by atoms with Gasteiger partial charge < -0.3 is 33.8 Å². The standard InChI is InChI=1S/C76H148O17P2/c1-6-9-12-15-17-19-21-23-25-26-27-28-29-31-33-39-43-47-52-57-62-76(81)93-72(66-87-74(79)60-55-50-45-41-37-35-34-36-40-44-49-53-58-69(4)5)68-91-95(84,85)89-64-70(77)63-88-94(82,83)90-67-71(65-86-73(78)59-54-48-14-11-8-3)92-75(80)61-56-51-46-42-38-32-30-24-22-20-18-16-13-10-7-2/h69-72,77H,6-68H2,1-5H3,(H,82,83)(H,84,85)/t70-,71+,72+/m0/s1. The average Bonchev–Trinajstić information content (AvgIpc) is 3.01. The molecule has 5 atom stereocenters. The molecule has 95 heavy (non-hydrogen) atoms. The van der Waals surface area contributed by atoms with Gasteiger partial charge in [-0.2, -0.15) is 0 Å². The molecule has 0 aromatic heterocycles. The SMILES string of the molecule is CCCCCCCCCCCCCCCCCCCCCCC(=O)O[C@H](COC(=O)CCCCCCCCCCCCCCC(C)C)COP(=O)(O)OC[C@@H](O)COP(=O)(O)OC[C@@H](COC(=O)CCCCCCC)OC(=O)CCCCCCCCCCCCCCCCC. The monoisotopic (exact) mass is 1400 g/mol. The molecule has 0 aliphatic heterocycles. The molecule has 0 spiro atoms. The number of esters is 4. The van der Waals surface area contributed by atoms with Crippen molar-refractivity contribution in [1.29, 1.82) is 0 Å². The molecule has 0 saturated carbocycles. The van der Waals surface area contributed by atoms with Crippen LogP contribution < -0.4 is 0 Å². The Hall–Kier alpha value is -1.94. The van der Waals surface area contributed by atoms with Crippen LogP contribution in [0.2, 0.25) is 0 Å². The Morgan fingerprint density at radius 2 is 0.484 bits per heavy atom. The van der Waals surface area contributed by atoms with Crippen LogP contribution in [0.4, 0.5) is 0 Å². The zero-order valence-corrected chi connectivity index (χ0v) is 63.6. The van der Waals surface area contributed by atoms with E-state index in [1.54, 1.807) is 0 Å². The molecule has 0 rings (SSSR count). The molecule has 2 unspecified atom stereocenters. The topological polar surface area (TPSA) is 237 Å². The lowest BCUT2D eigenvalue weighted by Gasteiger charge is -2.21. The summed E-state index contributed by atoms with van der Waals surface area (Å²) < 4.78 is 68.3. The highest BCUT2D eigenvalue weighted by Gasteiger charge is 2.30. The van der Waals surface area contributed by atoms with Gasteiger partial charge in [0.1, 0.15) is 19.3 Å². The summed E-state index contributed by atoms with van der Waals surface area (Å²) >= 11 is 0. The molecular weight excluding hydrogens is 1250 g/mol. The lowest BCUT2D eigenvalue weighted by Crippen LogP contribution is -2.30. The zero-order chi connectivity index (χ0) is 69.8. The summed E-state index contributed by atoms with van der Waals surface area (Å²) in [5.74, 6) is -1.34. The van der Waals surface area contributed by atoms with Crippen molar-refractivity contribution in [3.63, 3.8) is 0 Å². The third kappa shape index (κ3) is 70.3. The number of carbonyl (C=O) groups excluding carboxylic acids is 4. The number of ether oxygens (including phenoxy) is 4. The summed E-state index contributed by atoms with van der Waals surface area (Å²) in [4.78, 5) is 72.5. The van der Waals surface area contributed by atoms with E-state index in [1.165, 1.54) is 218 Å². The van der Waals surface area contributed by atoms with E-state index in [9.17, 15) is 43.2 Å². The number of phosphoric ester groups is 2. The Labute approximate surface area is 581 Å². The minimum absolute atomic E-state index is 0.107. The molecule has 0 amide bonds. The van der Waals surface area contributed by atoms with Crippen LogP contribution in [0, 0.1) is 5.92 Å². The van der Waals surface area contributed by atoms with E-state index in [2.05, 4.69) is 34.6 Å². The fourth-order valence-corrected chi connectivity index (χ4v) is 13.3. The van der Waals surface area contributed by atoms with Gasteiger partial charge in [0, 0.05) is 25.7 Å². The Morgan fingerprint density at radius 3 is 0.716 bits per heavy atom. The van der Waals surface area contributed by atoms with E-state index in [-0.39, 0.29) is 25.7 Å². The van der Waals surface area contributed by atoms with Gasteiger partial charge in [-0.25, -0.2) is 9.13 Å². The molecule has 0 bridgehead atoms. The molecule has 0 heterocycles. The molecule has 564 valence electrons. The van der Waals surface area contributed by atoms with Gasteiger partial charge in [-0.15, -0.1) is 0 Å². The van der Waals surface area contributed by atoms with Crippen molar-refractivity contribution in [3.05, 3.63) is 0 Å². The molecule has 0 aromatic carbocycles. The maximum atomic E-state index is 13.1. The van der Waals surface area contributed by atoms with Gasteiger partial charge >= 0.3 is 39.5 Å². The molecule has 0 aromatic rings. The number of unbranched alkanes of at least 4 members (excludes halogenated alkanes) is 48. The van der Waals surface area contributed by atoms with E-state index in [4.69, 9.17) is 37.0 Å². The lowest BCUT2D eigenvalue weighted by molar-refractivity contribution is -0.161. The van der Waals surface area contributed by atoms with Crippen LogP contribution in [-0.4, -0.2) is 96.7 Å². The number of phosphoric acid groups is 2. The maximum absolute atomic E-state index is 13.1. The third-order valence-electron chi connectivity index (χ3n) is 17.8. The second-order valence-corrected chi connectivity index (χ2v) is 30.8. The van der Waals surface area contributed by atoms with Crippen LogP contribution in [0.15, 0.2) is 0 Å². The van der Waals surface area contributed by atoms with Crippen LogP contribution in [0.3, 0.4) is 0 Å². The van der Waals surface area contributed by atoms with E-state index < -0.39 is 97.5 Å². The number of hydrogen-bond acceptors (Lipinski definition) is 15. The van der Waals surface area contributed by atoms with Gasteiger partial charge in [0.05, 0.1) is 26.4 Å². The smallest absolute Gasteiger partial charge is 0.462 e. The quantitative estimate of drug-likeness (QED) is 0.0222. The van der Waals surface area contributed by atoms with E-state index in [0.717, 1.165) is 102 Å². The van der Waals surface area contributed by atoms with Crippen LogP contribution in [0.1, 0.15) is 401 Å². The summed E-state index contributed by atoms with van der Waals surface area (Å²) in [5, 5.41) is 10.6. The zero-order valence-electron chi connectivity index (χ0n) is 61.8. The van der Waals surface area contributed by atoms with Crippen molar-refractivity contribution in [1.82, 2.24) is 0 Å². The predicted octanol–water partition coefficient (Wildman–Crippen LogP) is 22.5. The molecular formula is C76H148O17P2. The van der Waals surface area contributed by atoms with Crippen LogP contribution in [0.25, 0.3) is 0 Å². The van der Waals surface area contributed by atoms with Crippen molar-refractivity contribution >= 4 is 39.5 Å². The largest absolute Gasteiger partial charge is 0.472 e. The first-order valence-corrected chi connectivity index (χ1v) is 42.6. The Morgan fingerprint density at radius 1 is 0.284 bits per heavy atom. The summed E-state index contributed by atoms with van der Waals surface area (Å²) in [7, 11) is -9.90. The lowest BCUT2D eigenvalue weighted by atomic mass is 10.0. The van der Waals surface area contributed by atoms with Crippen molar-refractivity contribution in [2.45, 2.75) is 419 Å². The minimum Gasteiger partial charge on any atom is -0.462 e. The number of rotatable bonds is 76. The highest BCUT2D eigenvalue weighted by atomic mass is 31.2. The fourth-order valence-electron chi connectivity index (χ4n) is 11.7. The first-order valence-electron chi connectivity index (χ1n) is 39.6. The highest BCUT2D eigenvalue weighted by Crippen LogP contribution is 2.45. The highest BCUT2D eigenvalue weighted by molar-refractivity contribution is 7.47. The Bertz CT molecular complexity index is 1820. The number of carbonyl (C=O) groups is 4. The Kier molecular flexibility index (Phi) is 67.7. The van der Waals surface area contributed by atoms with E-state index >= 15 is 0 Å². The Balaban J connectivity index is 5.12. The molecule has 17 nitrogen and oxygen atoms in total. The second kappa shape index (κ2) is 69.2. The van der Waals surface area contributed by atoms with Gasteiger partial charge in [0.25, 0.3) is 0 Å². The summed E-state index contributed by atoms with van der Waals surface area (Å²) in [6.07, 6.45) is 58.7. The minimum atomic E-state index is -4.95. The second-order valence-electron chi connectivity index (χ2n) is 27.9. The molecule has 0 saturated heterocycles. The third-order valence-corrected chi connectivity index (χ3v) is 19.7. The summed E-state index contributed by atoms with van der Waals surface area (Å²) in [6.45, 7) is 7.22. The van der Waals surface area contributed by atoms with Crippen molar-refractivity contribution in [3.8, 4) is 0 Å². The van der Waals surface area contributed by atoms with Gasteiger partial charge in [0.15, 0.2) is 12.2 Å². The van der Waals surface area contributed by atoms with Gasteiger partial charge in [-0.1, -0.05) is 349 Å². The number of aliphatic hydroxyl groups is 1. The van der Waals surface area contributed by atoms with Gasteiger partial charge in [-0.3, -0.25) is 37.3 Å². The first-order chi connectivity index (χ1) is 46.0. The molecule has 19 heteroatoms. The van der Waals surface area contributed by atoms with Gasteiger partial charge in [-0.05, 0) is 31.6 Å². The molecule has 0 fully saturated rings. The number of hydrogen-bond donors (Lipinski definition) is 3. The van der Waals surface area contributed by atoms with Crippen molar-refractivity contribution < 1.29 is 80.2 Å². The molecule has 3 N–H and O–H groups in total. The number of aliphatic hydroxyl groups excluding tert-OH is 1. The van der Waals surface area contributed by atoms with E-state index in [1.807, 2.05) is 0 Å². The summed E-state index contributed by atoms with van der Waals surface area (Å²) in [5.41, 5.74) is 0. The summed E-state index contributed by atoms with van der Waals surface area (Å²) in [6, 6.07) is 0. The van der Waals surface area contributed by atoms with Crippen LogP contribution >= 0.6 is 15.6 Å². The van der Waals surface area contributed by atoms with E-state index in [0.29, 0.717) is 25.7 Å².